The number of halogens is 6. The number of likely N-dealkylation sites (tertiary alicyclic amines) is 1. The molecule has 3 aromatic rings. The van der Waals surface area contributed by atoms with Gasteiger partial charge in [0.15, 0.2) is 5.65 Å². The molecule has 2 fully saturated rings. The Kier molecular flexibility index (Phi) is 4.80. The number of benzene rings is 1. The van der Waals surface area contributed by atoms with Crippen molar-refractivity contribution in [1.29, 1.82) is 0 Å². The maximum Gasteiger partial charge on any atom is 0.418 e. The summed E-state index contributed by atoms with van der Waals surface area (Å²) >= 11 is 0. The molecule has 2 aliphatic rings. The number of pyridine rings is 1. The first kappa shape index (κ1) is 21.5. The normalized spacial score (nSPS) is 21.2. The molecular weight excluding hydrogens is 452 g/mol. The topological polar surface area (TPSA) is 53.7 Å². The van der Waals surface area contributed by atoms with Gasteiger partial charge in [-0.3, -0.25) is 9.20 Å². The van der Waals surface area contributed by atoms with E-state index < -0.39 is 29.4 Å². The van der Waals surface area contributed by atoms with Crippen molar-refractivity contribution in [2.75, 3.05) is 31.1 Å². The lowest BCUT2D eigenvalue weighted by Gasteiger charge is -2.25. The van der Waals surface area contributed by atoms with Gasteiger partial charge in [-0.25, -0.2) is 0 Å². The average molecular weight is 469 g/mol. The largest absolute Gasteiger partial charge is 0.418 e. The molecule has 33 heavy (non-hydrogen) atoms. The smallest absolute Gasteiger partial charge is 0.370 e. The zero-order valence-electron chi connectivity index (χ0n) is 16.9. The van der Waals surface area contributed by atoms with Crippen LogP contribution in [-0.4, -0.2) is 51.6 Å². The molecule has 0 N–H and O–H groups in total. The van der Waals surface area contributed by atoms with Crippen molar-refractivity contribution in [1.82, 2.24) is 19.5 Å². The Labute approximate surface area is 183 Å². The molecule has 4 heterocycles. The van der Waals surface area contributed by atoms with E-state index in [2.05, 4.69) is 10.2 Å². The summed E-state index contributed by atoms with van der Waals surface area (Å²) in [6, 6.07) is 7.09. The summed E-state index contributed by atoms with van der Waals surface area (Å²) < 4.78 is 80.1. The first-order valence-electron chi connectivity index (χ1n) is 10.1. The second-order valence-corrected chi connectivity index (χ2v) is 8.32. The lowest BCUT2D eigenvalue weighted by molar-refractivity contribution is -0.138. The van der Waals surface area contributed by atoms with E-state index in [0.29, 0.717) is 26.2 Å². The van der Waals surface area contributed by atoms with E-state index in [9.17, 15) is 31.1 Å². The van der Waals surface area contributed by atoms with Gasteiger partial charge in [0.05, 0.1) is 11.1 Å². The van der Waals surface area contributed by atoms with Crippen LogP contribution in [0.15, 0.2) is 42.6 Å². The fraction of sp³-hybridized carbons (Fsp3) is 0.381. The first-order valence-corrected chi connectivity index (χ1v) is 10.1. The van der Waals surface area contributed by atoms with Crippen molar-refractivity contribution in [3.8, 4) is 0 Å². The van der Waals surface area contributed by atoms with Gasteiger partial charge in [-0.2, -0.15) is 26.3 Å². The number of para-hydroxylation sites is 1. The molecule has 12 heteroatoms. The Morgan fingerprint density at radius 3 is 2.18 bits per heavy atom. The van der Waals surface area contributed by atoms with Gasteiger partial charge in [0.2, 0.25) is 5.82 Å². The summed E-state index contributed by atoms with van der Waals surface area (Å²) in [5, 5.41) is 7.47. The van der Waals surface area contributed by atoms with Crippen LogP contribution < -0.4 is 4.90 Å². The maximum absolute atomic E-state index is 13.4. The number of fused-ring (bicyclic) bond motifs is 2. The molecule has 0 aliphatic carbocycles. The molecule has 2 saturated heterocycles. The molecule has 2 atom stereocenters. The molecule has 0 saturated carbocycles. The number of hydrogen-bond donors (Lipinski definition) is 0. The number of carbonyl (C=O) groups excluding carboxylic acids is 1. The van der Waals surface area contributed by atoms with Crippen molar-refractivity contribution in [3.63, 3.8) is 0 Å². The van der Waals surface area contributed by atoms with Crippen LogP contribution in [0, 0.1) is 11.8 Å². The van der Waals surface area contributed by atoms with Crippen LogP contribution in [0.1, 0.15) is 21.7 Å². The molecule has 1 amide bonds. The number of hydrogen-bond acceptors (Lipinski definition) is 4. The molecule has 0 spiro atoms. The highest BCUT2D eigenvalue weighted by Gasteiger charge is 2.44. The second kappa shape index (κ2) is 7.35. The number of carbonyl (C=O) groups is 1. The van der Waals surface area contributed by atoms with Gasteiger partial charge >= 0.3 is 12.4 Å². The Hall–Kier alpha value is -3.31. The summed E-state index contributed by atoms with van der Waals surface area (Å²) in [4.78, 5) is 16.2. The lowest BCUT2D eigenvalue weighted by atomic mass is 10.0. The Morgan fingerprint density at radius 1 is 0.879 bits per heavy atom. The van der Waals surface area contributed by atoms with Gasteiger partial charge in [0.1, 0.15) is 0 Å². The van der Waals surface area contributed by atoms with Crippen LogP contribution in [0.3, 0.4) is 0 Å². The molecule has 0 radical (unpaired) electrons. The van der Waals surface area contributed by atoms with E-state index in [-0.39, 0.29) is 29.0 Å². The highest BCUT2D eigenvalue weighted by atomic mass is 19.4. The highest BCUT2D eigenvalue weighted by molar-refractivity contribution is 5.91. The minimum atomic E-state index is -4.54. The van der Waals surface area contributed by atoms with Crippen molar-refractivity contribution < 1.29 is 31.1 Å². The average Bonchev–Trinajstić information content (AvgIpc) is 3.44. The number of amides is 1. The van der Waals surface area contributed by atoms with Crippen molar-refractivity contribution in [2.45, 2.75) is 12.4 Å². The number of rotatable bonds is 2. The van der Waals surface area contributed by atoms with E-state index in [1.807, 2.05) is 0 Å². The fourth-order valence-electron chi connectivity index (χ4n) is 4.70. The SMILES string of the molecule is O=C(c1nnc2cc(C(F)(F)F)ccn12)N1C[C@@H]2CN(c3ccccc3C(F)(F)F)C[C@@H]2C1. The zero-order valence-corrected chi connectivity index (χ0v) is 16.9. The number of alkyl halides is 6. The van der Waals surface area contributed by atoms with Gasteiger partial charge in [0, 0.05) is 49.9 Å². The van der Waals surface area contributed by atoms with Gasteiger partial charge in [-0.1, -0.05) is 12.1 Å². The fourth-order valence-corrected chi connectivity index (χ4v) is 4.70. The zero-order chi connectivity index (χ0) is 23.5. The monoisotopic (exact) mass is 469 g/mol. The predicted molar refractivity (Wildman–Crippen MR) is 105 cm³/mol. The first-order chi connectivity index (χ1) is 15.5. The van der Waals surface area contributed by atoms with Gasteiger partial charge in [-0.05, 0) is 24.3 Å². The summed E-state index contributed by atoms with van der Waals surface area (Å²) in [6.07, 6.45) is -7.89. The van der Waals surface area contributed by atoms with E-state index >= 15 is 0 Å². The molecule has 174 valence electrons. The number of anilines is 1. The Morgan fingerprint density at radius 2 is 1.55 bits per heavy atom. The standard InChI is InChI=1S/C21H17F6N5O/c22-20(23,24)14-5-6-32-17(7-14)28-29-18(32)19(33)31-10-12-8-30(9-13(12)11-31)16-4-2-1-3-15(16)21(25,26)27/h1-7,12-13H,8-11H2/t12-,13+. The second-order valence-electron chi connectivity index (χ2n) is 8.32. The van der Waals surface area contributed by atoms with E-state index in [4.69, 9.17) is 0 Å². The molecule has 5 rings (SSSR count). The van der Waals surface area contributed by atoms with Crippen LogP contribution in [0.25, 0.3) is 5.65 Å². The Balaban J connectivity index is 1.32. The highest BCUT2D eigenvalue weighted by Crippen LogP contribution is 2.41. The van der Waals surface area contributed by atoms with Crippen LogP contribution in [0.5, 0.6) is 0 Å². The van der Waals surface area contributed by atoms with Crippen LogP contribution >= 0.6 is 0 Å². The molecule has 1 aromatic carbocycles. The third-order valence-corrected chi connectivity index (χ3v) is 6.25. The van der Waals surface area contributed by atoms with Gasteiger partial charge < -0.3 is 9.80 Å². The van der Waals surface area contributed by atoms with Gasteiger partial charge in [0.25, 0.3) is 5.91 Å². The van der Waals surface area contributed by atoms with Crippen LogP contribution in [-0.2, 0) is 12.4 Å². The van der Waals surface area contributed by atoms with Crippen molar-refractivity contribution >= 4 is 17.2 Å². The van der Waals surface area contributed by atoms with E-state index in [0.717, 1.165) is 24.4 Å². The molecule has 6 nitrogen and oxygen atoms in total. The molecule has 2 aromatic heterocycles. The Bertz CT molecular complexity index is 1210. The maximum atomic E-state index is 13.4. The lowest BCUT2D eigenvalue weighted by Crippen LogP contribution is -2.34. The van der Waals surface area contributed by atoms with Crippen LogP contribution in [0.4, 0.5) is 32.0 Å². The summed E-state index contributed by atoms with van der Waals surface area (Å²) in [5.41, 5.74) is -1.55. The minimum Gasteiger partial charge on any atom is -0.370 e. The van der Waals surface area contributed by atoms with E-state index in [1.54, 1.807) is 11.0 Å². The molecular formula is C21H17F6N5O. The summed E-state index contributed by atoms with van der Waals surface area (Å²) in [5.74, 6) is -0.616. The number of nitrogens with zero attached hydrogens (tertiary/aromatic N) is 5. The summed E-state index contributed by atoms with van der Waals surface area (Å²) in [7, 11) is 0. The van der Waals surface area contributed by atoms with E-state index in [1.165, 1.54) is 21.4 Å². The third-order valence-electron chi connectivity index (χ3n) is 6.25. The molecule has 0 bridgehead atoms. The predicted octanol–water partition coefficient (Wildman–Crippen LogP) is 3.98. The quantitative estimate of drug-likeness (QED) is 0.533. The minimum absolute atomic E-state index is 0.0220. The van der Waals surface area contributed by atoms with Crippen molar-refractivity contribution in [2.24, 2.45) is 11.8 Å². The third kappa shape index (κ3) is 3.76. The number of aromatic nitrogens is 3. The molecule has 2 aliphatic heterocycles. The molecule has 0 unspecified atom stereocenters. The van der Waals surface area contributed by atoms with Crippen LogP contribution in [0.2, 0.25) is 0 Å². The van der Waals surface area contributed by atoms with Crippen molar-refractivity contribution in [3.05, 3.63) is 59.5 Å². The van der Waals surface area contributed by atoms with Gasteiger partial charge in [-0.15, -0.1) is 10.2 Å². The summed E-state index contributed by atoms with van der Waals surface area (Å²) in [6.45, 7) is 1.39.